The quantitative estimate of drug-likeness (QED) is 0.795. The van der Waals surface area contributed by atoms with Crippen LogP contribution in [0.2, 0.25) is 0 Å². The molecule has 1 N–H and O–H groups in total. The summed E-state index contributed by atoms with van der Waals surface area (Å²) in [6.07, 6.45) is -0.722. The minimum atomic E-state index is -1.55. The molecule has 0 bridgehead atoms. The van der Waals surface area contributed by atoms with Gasteiger partial charge in [-0.1, -0.05) is 18.2 Å². The molecule has 1 aliphatic rings. The normalized spacial score (nSPS) is 24.0. The lowest BCUT2D eigenvalue weighted by molar-refractivity contribution is 0.0416. The van der Waals surface area contributed by atoms with Crippen molar-refractivity contribution in [1.82, 2.24) is 5.32 Å². The highest BCUT2D eigenvalue weighted by Crippen LogP contribution is 2.42. The molecular weight excluding hydrogens is 368 g/mol. The second-order valence-electron chi connectivity index (χ2n) is 7.41. The van der Waals surface area contributed by atoms with Gasteiger partial charge in [-0.05, 0) is 32.9 Å². The highest BCUT2D eigenvalue weighted by molar-refractivity contribution is 5.70. The zero-order valence-corrected chi connectivity index (χ0v) is 15.8. The number of ether oxygens (including phenoxy) is 2. The summed E-state index contributed by atoms with van der Waals surface area (Å²) in [5, 5.41) is 20.8. The van der Waals surface area contributed by atoms with Crippen LogP contribution in [0, 0.1) is 34.4 Å². The summed E-state index contributed by atoms with van der Waals surface area (Å²) in [5.41, 5.74) is -2.62. The second kappa shape index (κ2) is 8.37. The zero-order valence-electron chi connectivity index (χ0n) is 15.8. The monoisotopic (exact) mass is 389 g/mol. The van der Waals surface area contributed by atoms with Gasteiger partial charge in [0.25, 0.3) is 0 Å². The van der Waals surface area contributed by atoms with Crippen LogP contribution in [0.25, 0.3) is 0 Å². The van der Waals surface area contributed by atoms with Crippen LogP contribution in [-0.2, 0) is 15.0 Å². The van der Waals surface area contributed by atoms with Gasteiger partial charge in [-0.15, -0.1) is 0 Å². The fourth-order valence-electron chi connectivity index (χ4n) is 3.18. The van der Waals surface area contributed by atoms with Crippen LogP contribution in [0.1, 0.15) is 26.3 Å². The molecule has 0 radical (unpaired) electrons. The molecule has 0 aliphatic carbocycles. The van der Waals surface area contributed by atoms with E-state index in [1.54, 1.807) is 39.0 Å². The number of alkyl carbamates (subject to hydrolysis) is 1. The lowest BCUT2D eigenvalue weighted by Gasteiger charge is -2.35. The zero-order chi connectivity index (χ0) is 20.9. The molecule has 6 nitrogen and oxygen atoms in total. The number of carbonyl (C=O) groups excluding carboxylic acids is 1. The van der Waals surface area contributed by atoms with E-state index in [0.29, 0.717) is 0 Å². The third-order valence-corrected chi connectivity index (χ3v) is 4.31. The predicted octanol–water partition coefficient (Wildman–Crippen LogP) is 3.50. The molecule has 1 aromatic rings. The average Bonchev–Trinajstić information content (AvgIpc) is 2.96. The number of allylic oxidation sites excluding steroid dienone is 1. The second-order valence-corrected chi connectivity index (χ2v) is 7.41. The van der Waals surface area contributed by atoms with E-state index in [1.165, 1.54) is 24.3 Å². The molecule has 8 heteroatoms. The minimum Gasteiger partial charge on any atom is -0.444 e. The third kappa shape index (κ3) is 4.47. The number of halogens is 2. The summed E-state index contributed by atoms with van der Waals surface area (Å²) in [6, 6.07) is 9.09. The Labute approximate surface area is 162 Å². The molecule has 2 rings (SSSR count). The van der Waals surface area contributed by atoms with Crippen molar-refractivity contribution in [1.29, 1.82) is 10.5 Å². The Hall–Kier alpha value is -2.97. The van der Waals surface area contributed by atoms with Gasteiger partial charge in [0.15, 0.2) is 0 Å². The number of nitriles is 2. The number of hydrogen-bond donors (Lipinski definition) is 1. The molecule has 1 aromatic carbocycles. The lowest BCUT2D eigenvalue weighted by atomic mass is 9.76. The molecule has 1 amide bonds. The van der Waals surface area contributed by atoms with Crippen LogP contribution in [0.15, 0.2) is 35.9 Å². The molecular formula is C20H21F2N3O3. The molecule has 1 heterocycles. The fraction of sp³-hybridized carbons (Fsp3) is 0.450. The van der Waals surface area contributed by atoms with Crippen molar-refractivity contribution < 1.29 is 23.0 Å². The van der Waals surface area contributed by atoms with Crippen molar-refractivity contribution in [3.8, 4) is 12.1 Å². The summed E-state index contributed by atoms with van der Waals surface area (Å²) in [5.74, 6) is -1.65. The van der Waals surface area contributed by atoms with E-state index in [4.69, 9.17) is 20.0 Å². The Kier molecular flexibility index (Phi) is 6.37. The largest absolute Gasteiger partial charge is 0.444 e. The molecule has 28 heavy (non-hydrogen) atoms. The summed E-state index contributed by atoms with van der Waals surface area (Å²) >= 11 is 0. The Balaban J connectivity index is 2.61. The molecule has 3 atom stereocenters. The summed E-state index contributed by atoms with van der Waals surface area (Å²) in [6.45, 7) is 3.79. The highest BCUT2D eigenvalue weighted by Gasteiger charge is 2.53. The van der Waals surface area contributed by atoms with Crippen LogP contribution < -0.4 is 5.32 Å². The van der Waals surface area contributed by atoms with Gasteiger partial charge < -0.3 is 14.8 Å². The first-order valence-corrected chi connectivity index (χ1v) is 8.62. The lowest BCUT2D eigenvalue weighted by Crippen LogP contribution is -2.53. The van der Waals surface area contributed by atoms with Crippen molar-refractivity contribution in [3.05, 3.63) is 47.3 Å². The summed E-state index contributed by atoms with van der Waals surface area (Å²) in [7, 11) is 0. The van der Waals surface area contributed by atoms with Gasteiger partial charge in [-0.25, -0.2) is 13.6 Å². The Morgan fingerprint density at radius 1 is 1.39 bits per heavy atom. The summed E-state index contributed by atoms with van der Waals surface area (Å²) in [4.78, 5) is 12.5. The smallest absolute Gasteiger partial charge is 0.408 e. The van der Waals surface area contributed by atoms with Crippen LogP contribution in [0.5, 0.6) is 0 Å². The van der Waals surface area contributed by atoms with Crippen LogP contribution in [-0.4, -0.2) is 31.1 Å². The van der Waals surface area contributed by atoms with E-state index in [9.17, 15) is 13.6 Å². The molecule has 0 unspecified atom stereocenters. The molecule has 148 valence electrons. The van der Waals surface area contributed by atoms with E-state index in [2.05, 4.69) is 5.32 Å². The molecule has 1 fully saturated rings. The van der Waals surface area contributed by atoms with Crippen molar-refractivity contribution in [2.75, 3.05) is 13.3 Å². The molecule has 0 spiro atoms. The Bertz CT molecular complexity index is 835. The minimum absolute atomic E-state index is 0.0493. The predicted molar refractivity (Wildman–Crippen MR) is 96.0 cm³/mol. The maximum atomic E-state index is 14.7. The fourth-order valence-corrected chi connectivity index (χ4v) is 3.18. The van der Waals surface area contributed by atoms with Crippen LogP contribution in [0.4, 0.5) is 13.6 Å². The van der Waals surface area contributed by atoms with Gasteiger partial charge in [-0.3, -0.25) is 0 Å². The van der Waals surface area contributed by atoms with Gasteiger partial charge in [0.1, 0.15) is 41.3 Å². The molecule has 0 saturated carbocycles. The number of rotatable bonds is 4. The van der Waals surface area contributed by atoms with E-state index < -0.39 is 41.7 Å². The van der Waals surface area contributed by atoms with Crippen LogP contribution in [0.3, 0.4) is 0 Å². The summed E-state index contributed by atoms with van der Waals surface area (Å²) < 4.78 is 39.1. The number of hydrogen-bond acceptors (Lipinski definition) is 5. The van der Waals surface area contributed by atoms with E-state index in [0.717, 1.165) is 0 Å². The first kappa shape index (κ1) is 21.3. The van der Waals surface area contributed by atoms with Gasteiger partial charge in [0.05, 0.1) is 12.7 Å². The number of carbonyl (C=O) groups is 1. The van der Waals surface area contributed by atoms with Gasteiger partial charge in [0.2, 0.25) is 0 Å². The standard InChI is InChI=1S/C20H21F2N3O3/c1-19(2,3)28-18(26)25-20(14-6-4-5-7-16(14)22)12-27-17(9-21)15(20)8-13(10-23)11-24/h4-8,15,17H,9,12H2,1-3H3,(H,25,26)/t15-,17-,20-/m1/s1. The maximum absolute atomic E-state index is 14.7. The molecule has 0 aromatic heterocycles. The number of alkyl halides is 1. The Morgan fingerprint density at radius 3 is 2.57 bits per heavy atom. The number of benzene rings is 1. The topological polar surface area (TPSA) is 95.1 Å². The van der Waals surface area contributed by atoms with Crippen LogP contribution >= 0.6 is 0 Å². The van der Waals surface area contributed by atoms with E-state index in [-0.39, 0.29) is 17.7 Å². The molecule has 1 saturated heterocycles. The van der Waals surface area contributed by atoms with Crippen molar-refractivity contribution in [2.45, 2.75) is 38.0 Å². The number of amides is 1. The average molecular weight is 389 g/mol. The van der Waals surface area contributed by atoms with Crippen molar-refractivity contribution >= 4 is 6.09 Å². The van der Waals surface area contributed by atoms with Crippen molar-refractivity contribution in [3.63, 3.8) is 0 Å². The SMILES string of the molecule is CC(C)(C)OC(=O)N[C@@]1(c2ccccc2F)CO[C@H](CF)[C@H]1C=C(C#N)C#N. The van der Waals surface area contributed by atoms with Crippen molar-refractivity contribution in [2.24, 2.45) is 5.92 Å². The number of nitrogens with zero attached hydrogens (tertiary/aromatic N) is 2. The highest BCUT2D eigenvalue weighted by atomic mass is 19.1. The maximum Gasteiger partial charge on any atom is 0.408 e. The van der Waals surface area contributed by atoms with E-state index >= 15 is 0 Å². The Morgan fingerprint density at radius 2 is 2.04 bits per heavy atom. The van der Waals surface area contributed by atoms with Gasteiger partial charge in [0, 0.05) is 11.5 Å². The first-order valence-electron chi connectivity index (χ1n) is 8.62. The van der Waals surface area contributed by atoms with Gasteiger partial charge in [-0.2, -0.15) is 10.5 Å². The third-order valence-electron chi connectivity index (χ3n) is 4.31. The number of nitrogens with one attached hydrogen (secondary N) is 1. The van der Waals surface area contributed by atoms with Gasteiger partial charge >= 0.3 is 6.09 Å². The first-order chi connectivity index (χ1) is 13.2. The van der Waals surface area contributed by atoms with E-state index in [1.807, 2.05) is 0 Å². The molecule has 1 aliphatic heterocycles.